The van der Waals surface area contributed by atoms with Gasteiger partial charge in [-0.15, -0.1) is 0 Å². The van der Waals surface area contributed by atoms with Crippen LogP contribution in [-0.4, -0.2) is 21.5 Å². The van der Waals surface area contributed by atoms with Crippen molar-refractivity contribution in [3.8, 4) is 0 Å². The number of hydrogen-bond donors (Lipinski definition) is 2. The number of rotatable bonds is 5. The van der Waals surface area contributed by atoms with Crippen molar-refractivity contribution >= 4 is 5.82 Å². The molecule has 0 saturated heterocycles. The minimum atomic E-state index is 0.0960. The van der Waals surface area contributed by atoms with E-state index < -0.39 is 0 Å². The molecule has 0 bridgehead atoms. The van der Waals surface area contributed by atoms with Crippen molar-refractivity contribution in [3.63, 3.8) is 0 Å². The van der Waals surface area contributed by atoms with E-state index in [4.69, 9.17) is 5.11 Å². The van der Waals surface area contributed by atoms with Gasteiger partial charge < -0.3 is 10.4 Å². The van der Waals surface area contributed by atoms with E-state index in [2.05, 4.69) is 49.4 Å². The van der Waals surface area contributed by atoms with E-state index in [1.165, 1.54) is 16.7 Å². The highest BCUT2D eigenvalue weighted by atomic mass is 16.3. The first-order chi connectivity index (χ1) is 9.51. The quantitative estimate of drug-likeness (QED) is 0.880. The van der Waals surface area contributed by atoms with Crippen LogP contribution in [0.4, 0.5) is 5.82 Å². The number of anilines is 1. The van der Waals surface area contributed by atoms with E-state index in [1.54, 1.807) is 0 Å². The number of aliphatic hydroxyl groups excluding tert-OH is 1. The minimum Gasteiger partial charge on any atom is -0.394 e. The molecule has 4 nitrogen and oxygen atoms in total. The van der Waals surface area contributed by atoms with Crippen LogP contribution in [0.2, 0.25) is 0 Å². The summed E-state index contributed by atoms with van der Waals surface area (Å²) in [6.07, 6.45) is 0. The molecule has 0 aliphatic carbocycles. The van der Waals surface area contributed by atoms with Crippen LogP contribution < -0.4 is 5.32 Å². The van der Waals surface area contributed by atoms with E-state index in [0.717, 1.165) is 23.6 Å². The number of aliphatic hydroxyl groups is 1. The van der Waals surface area contributed by atoms with Crippen LogP contribution in [0.15, 0.2) is 18.2 Å². The fraction of sp³-hybridized carbons (Fsp3) is 0.438. The van der Waals surface area contributed by atoms with Gasteiger partial charge in [-0.2, -0.15) is 5.10 Å². The summed E-state index contributed by atoms with van der Waals surface area (Å²) in [4.78, 5) is 0. The Morgan fingerprint density at radius 1 is 1.10 bits per heavy atom. The number of hydrogen-bond acceptors (Lipinski definition) is 3. The number of nitrogens with zero attached hydrogens (tertiary/aromatic N) is 2. The second-order valence-corrected chi connectivity index (χ2v) is 5.36. The molecule has 0 amide bonds. The van der Waals surface area contributed by atoms with Gasteiger partial charge in [0.2, 0.25) is 0 Å². The molecule has 0 aliphatic heterocycles. The first-order valence-electron chi connectivity index (χ1n) is 6.97. The van der Waals surface area contributed by atoms with Crippen LogP contribution in [0.1, 0.15) is 27.9 Å². The molecule has 20 heavy (non-hydrogen) atoms. The summed E-state index contributed by atoms with van der Waals surface area (Å²) < 4.78 is 1.84. The number of nitrogens with one attached hydrogen (secondary N) is 1. The lowest BCUT2D eigenvalue weighted by atomic mass is 10.1. The molecule has 0 atom stereocenters. The van der Waals surface area contributed by atoms with Crippen molar-refractivity contribution in [1.82, 2.24) is 9.78 Å². The third-order valence-corrected chi connectivity index (χ3v) is 3.48. The average Bonchev–Trinajstić information content (AvgIpc) is 2.62. The number of benzene rings is 1. The van der Waals surface area contributed by atoms with Gasteiger partial charge in [0.15, 0.2) is 0 Å². The molecular formula is C16H23N3O. The highest BCUT2D eigenvalue weighted by Crippen LogP contribution is 2.19. The van der Waals surface area contributed by atoms with Crippen molar-refractivity contribution in [3.05, 3.63) is 46.1 Å². The van der Waals surface area contributed by atoms with Crippen LogP contribution in [0.25, 0.3) is 0 Å². The Labute approximate surface area is 120 Å². The highest BCUT2D eigenvalue weighted by molar-refractivity contribution is 5.47. The lowest BCUT2D eigenvalue weighted by molar-refractivity contribution is 0.270. The van der Waals surface area contributed by atoms with Gasteiger partial charge in [-0.05, 0) is 33.3 Å². The summed E-state index contributed by atoms with van der Waals surface area (Å²) in [5.74, 6) is 0.996. The zero-order chi connectivity index (χ0) is 14.7. The number of aromatic nitrogens is 2. The third kappa shape index (κ3) is 3.20. The first kappa shape index (κ1) is 14.6. The fourth-order valence-electron chi connectivity index (χ4n) is 2.51. The SMILES string of the molecule is Cc1cc(C)cc(CNc2c(C)c(C)nn2CCO)c1. The van der Waals surface area contributed by atoms with Gasteiger partial charge in [-0.1, -0.05) is 29.3 Å². The van der Waals surface area contributed by atoms with Crippen molar-refractivity contribution in [2.45, 2.75) is 40.8 Å². The first-order valence-corrected chi connectivity index (χ1v) is 6.97. The van der Waals surface area contributed by atoms with Crippen LogP contribution in [0.3, 0.4) is 0 Å². The Balaban J connectivity index is 2.17. The zero-order valence-electron chi connectivity index (χ0n) is 12.7. The maximum absolute atomic E-state index is 9.11. The second-order valence-electron chi connectivity index (χ2n) is 5.36. The van der Waals surface area contributed by atoms with E-state index in [0.29, 0.717) is 6.54 Å². The van der Waals surface area contributed by atoms with Gasteiger partial charge in [0.1, 0.15) is 5.82 Å². The summed E-state index contributed by atoms with van der Waals surface area (Å²) >= 11 is 0. The molecule has 1 heterocycles. The molecule has 0 aliphatic rings. The summed E-state index contributed by atoms with van der Waals surface area (Å²) in [6, 6.07) is 6.55. The van der Waals surface area contributed by atoms with E-state index >= 15 is 0 Å². The van der Waals surface area contributed by atoms with E-state index in [-0.39, 0.29) is 6.61 Å². The molecular weight excluding hydrogens is 250 g/mol. The molecule has 2 aromatic rings. The van der Waals surface area contributed by atoms with Gasteiger partial charge in [-0.25, -0.2) is 4.68 Å². The van der Waals surface area contributed by atoms with Crippen molar-refractivity contribution < 1.29 is 5.11 Å². The van der Waals surface area contributed by atoms with Crippen LogP contribution in [0.5, 0.6) is 0 Å². The minimum absolute atomic E-state index is 0.0960. The van der Waals surface area contributed by atoms with Crippen molar-refractivity contribution in [2.75, 3.05) is 11.9 Å². The summed E-state index contributed by atoms with van der Waals surface area (Å²) in [5, 5.41) is 17.0. The van der Waals surface area contributed by atoms with Crippen LogP contribution in [0, 0.1) is 27.7 Å². The molecule has 4 heteroatoms. The van der Waals surface area contributed by atoms with Gasteiger partial charge >= 0.3 is 0 Å². The van der Waals surface area contributed by atoms with Gasteiger partial charge in [0.25, 0.3) is 0 Å². The predicted molar refractivity (Wildman–Crippen MR) is 82.0 cm³/mol. The van der Waals surface area contributed by atoms with Crippen molar-refractivity contribution in [2.24, 2.45) is 0 Å². The van der Waals surface area contributed by atoms with Gasteiger partial charge in [-0.3, -0.25) is 0 Å². The van der Waals surface area contributed by atoms with E-state index in [9.17, 15) is 0 Å². The predicted octanol–water partition coefficient (Wildman–Crippen LogP) is 2.72. The van der Waals surface area contributed by atoms with Crippen molar-refractivity contribution in [1.29, 1.82) is 0 Å². The molecule has 0 unspecified atom stereocenters. The average molecular weight is 273 g/mol. The molecule has 0 fully saturated rings. The van der Waals surface area contributed by atoms with Gasteiger partial charge in [0.05, 0.1) is 18.8 Å². The Kier molecular flexibility index (Phi) is 4.45. The van der Waals surface area contributed by atoms with Crippen LogP contribution in [-0.2, 0) is 13.1 Å². The highest BCUT2D eigenvalue weighted by Gasteiger charge is 2.10. The molecule has 1 aromatic heterocycles. The molecule has 108 valence electrons. The monoisotopic (exact) mass is 273 g/mol. The summed E-state index contributed by atoms with van der Waals surface area (Å²) in [5.41, 5.74) is 5.96. The lowest BCUT2D eigenvalue weighted by Gasteiger charge is -2.11. The number of aryl methyl sites for hydroxylation is 3. The Hall–Kier alpha value is -1.81. The van der Waals surface area contributed by atoms with E-state index in [1.807, 2.05) is 11.6 Å². The molecule has 0 radical (unpaired) electrons. The molecule has 0 saturated carbocycles. The van der Waals surface area contributed by atoms with Gasteiger partial charge in [0, 0.05) is 12.1 Å². The summed E-state index contributed by atoms with van der Waals surface area (Å²) in [6.45, 7) is 9.65. The molecule has 1 aromatic carbocycles. The smallest absolute Gasteiger partial charge is 0.127 e. The Bertz CT molecular complexity index is 582. The maximum Gasteiger partial charge on any atom is 0.127 e. The lowest BCUT2D eigenvalue weighted by Crippen LogP contribution is -2.11. The Morgan fingerprint density at radius 3 is 2.35 bits per heavy atom. The standard InChI is InChI=1S/C16H23N3O/c1-11-7-12(2)9-15(8-11)10-17-16-13(3)14(4)18-19(16)5-6-20/h7-9,17,20H,5-6,10H2,1-4H3. The fourth-order valence-corrected chi connectivity index (χ4v) is 2.51. The summed E-state index contributed by atoms with van der Waals surface area (Å²) in [7, 11) is 0. The van der Waals surface area contributed by atoms with Crippen LogP contribution >= 0.6 is 0 Å². The normalized spacial score (nSPS) is 10.8. The Morgan fingerprint density at radius 2 is 1.75 bits per heavy atom. The third-order valence-electron chi connectivity index (χ3n) is 3.48. The maximum atomic E-state index is 9.11. The molecule has 2 N–H and O–H groups in total. The zero-order valence-corrected chi connectivity index (χ0v) is 12.7. The topological polar surface area (TPSA) is 50.1 Å². The second kappa shape index (κ2) is 6.09. The largest absolute Gasteiger partial charge is 0.394 e. The molecule has 0 spiro atoms. The molecule has 2 rings (SSSR count).